The smallest absolute Gasteiger partial charge is 0.324 e. The average molecular weight is 1280 g/mol. The molecule has 4 aromatic heterocycles. The van der Waals surface area contributed by atoms with Gasteiger partial charge in [-0.2, -0.15) is 10.2 Å². The highest BCUT2D eigenvalue weighted by Gasteiger charge is 2.24. The number of ether oxygens (including phenoxy) is 4. The molecule has 6 aromatic carbocycles. The number of carbonyl (C=O) groups is 4. The van der Waals surface area contributed by atoms with Crippen LogP contribution in [0.25, 0.3) is 32.9 Å². The Labute approximate surface area is 547 Å². The molecule has 93 heavy (non-hydrogen) atoms. The zero-order valence-electron chi connectivity index (χ0n) is 54.6. The minimum absolute atomic E-state index is 0.00154. The van der Waals surface area contributed by atoms with Crippen LogP contribution in [0.15, 0.2) is 170 Å². The third kappa shape index (κ3) is 19.0. The van der Waals surface area contributed by atoms with Gasteiger partial charge in [0.25, 0.3) is 5.91 Å². The van der Waals surface area contributed by atoms with Gasteiger partial charge in [-0.05, 0) is 109 Å². The maximum Gasteiger partial charge on any atom is 0.324 e. The molecule has 0 aliphatic heterocycles. The number of nitrogens with one attached hydrogen (secondary N) is 5. The van der Waals surface area contributed by atoms with Crippen molar-refractivity contribution in [3.8, 4) is 22.9 Å². The maximum atomic E-state index is 13.4. The number of pyridine rings is 2. The molecule has 0 radical (unpaired) electrons. The highest BCUT2D eigenvalue weighted by atomic mass is 35.5. The molecule has 0 spiro atoms. The second kappa shape index (κ2) is 31.2. The lowest BCUT2D eigenvalue weighted by atomic mass is 9.92. The van der Waals surface area contributed by atoms with E-state index in [1.54, 1.807) is 21.8 Å². The van der Waals surface area contributed by atoms with Gasteiger partial charge >= 0.3 is 12.1 Å². The second-order valence-corrected chi connectivity index (χ2v) is 24.9. The van der Waals surface area contributed by atoms with Crippen molar-refractivity contribution in [1.29, 1.82) is 0 Å². The number of carbonyl (C=O) groups excluding carboxylic acids is 4. The first-order chi connectivity index (χ1) is 44.4. The molecule has 4 heterocycles. The van der Waals surface area contributed by atoms with Gasteiger partial charge in [-0.15, -0.1) is 0 Å². The Hall–Kier alpha value is -10.2. The Kier molecular flexibility index (Phi) is 23.1. The summed E-state index contributed by atoms with van der Waals surface area (Å²) in [6.07, 6.45) is 3.37. The summed E-state index contributed by atoms with van der Waals surface area (Å²) < 4.78 is 25.3. The molecule has 10 aromatic rings. The molecule has 2 unspecified atom stereocenters. The van der Waals surface area contributed by atoms with Crippen LogP contribution < -0.4 is 41.8 Å². The first-order valence-corrected chi connectivity index (χ1v) is 30.7. The molecule has 0 saturated heterocycles. The number of hydrogen-bond acceptors (Lipinski definition) is 13. The van der Waals surface area contributed by atoms with E-state index in [1.807, 2.05) is 178 Å². The summed E-state index contributed by atoms with van der Waals surface area (Å²) in [7, 11) is 2.89. The lowest BCUT2D eigenvalue weighted by Crippen LogP contribution is -2.21. The van der Waals surface area contributed by atoms with Crippen molar-refractivity contribution in [3.05, 3.63) is 204 Å². The molecule has 0 saturated carbocycles. The third-order valence-corrected chi connectivity index (χ3v) is 14.9. The van der Waals surface area contributed by atoms with Crippen LogP contribution >= 0.6 is 11.6 Å². The number of aromatic nitrogens is 6. The Balaban J connectivity index is 0.000000221. The van der Waals surface area contributed by atoms with Gasteiger partial charge in [-0.1, -0.05) is 139 Å². The van der Waals surface area contributed by atoms with E-state index in [0.29, 0.717) is 53.6 Å². The Morgan fingerprint density at radius 3 is 1.33 bits per heavy atom. The topological polar surface area (TPSA) is 253 Å². The Morgan fingerprint density at radius 2 is 0.935 bits per heavy atom. The fourth-order valence-corrected chi connectivity index (χ4v) is 9.74. The largest absolute Gasteiger partial charge is 0.492 e. The van der Waals surface area contributed by atoms with Gasteiger partial charge in [0.2, 0.25) is 5.24 Å². The van der Waals surface area contributed by atoms with Gasteiger partial charge in [0.05, 0.1) is 47.4 Å². The number of anilines is 6. The molecule has 2 atom stereocenters. The fourth-order valence-electron chi connectivity index (χ4n) is 9.63. The van der Waals surface area contributed by atoms with E-state index in [4.69, 9.17) is 41.7 Å². The predicted molar refractivity (Wildman–Crippen MR) is 371 cm³/mol. The first-order valence-electron chi connectivity index (χ1n) is 30.3. The number of fused-ring (bicyclic) bond motifs is 2. The summed E-state index contributed by atoms with van der Waals surface area (Å²) >= 11 is 4.81. The van der Waals surface area contributed by atoms with Gasteiger partial charge in [-0.25, -0.2) is 28.9 Å². The van der Waals surface area contributed by atoms with Gasteiger partial charge in [-0.3, -0.25) is 20.2 Å². The van der Waals surface area contributed by atoms with Crippen molar-refractivity contribution in [3.63, 3.8) is 0 Å². The van der Waals surface area contributed by atoms with Crippen LogP contribution in [0, 0.1) is 13.8 Å². The fraction of sp³-hybridized carbons (Fsp3) is 0.278. The van der Waals surface area contributed by atoms with Crippen LogP contribution in [0.1, 0.15) is 101 Å². The number of rotatable bonds is 19. The number of hydrogen-bond donors (Lipinski definition) is 6. The summed E-state index contributed by atoms with van der Waals surface area (Å²) in [5, 5.41) is 27.5. The SMILES string of the molecule is COCC(=O)Cl.COCC(=O)Nc1cc(C(C)COc2ccc(NC(=O)Nc3cc(C(C)(C)C)nn3-c3ccc(C)cc3)c3ccccc23)ccn1.Cc1ccc(-n2nc(C(C)(C)C)cc2NC(=O)Nc2ccc(OCC(C)c3ccnc(N)c3)c3ccccc23)cc1. The van der Waals surface area contributed by atoms with Crippen molar-refractivity contribution in [1.82, 2.24) is 29.5 Å². The van der Waals surface area contributed by atoms with E-state index in [0.717, 1.165) is 72.3 Å². The highest BCUT2D eigenvalue weighted by molar-refractivity contribution is 6.63. The van der Waals surface area contributed by atoms with E-state index >= 15 is 0 Å². The lowest BCUT2D eigenvalue weighted by molar-refractivity contribution is -0.119. The standard InChI is InChI=1S/C36H40N6O4.C33H36N6O2.C3H5ClO2/c1-23-11-13-26(14-12-23)42-33(20-31(41-42)36(3,4)5)40-35(44)38-29-15-16-30(28-10-8-7-9-27(28)29)46-21-24(2)25-17-18-37-32(19-25)39-34(43)22-45-6;1-21-10-12-24(13-11-21)39-31(19-29(38-39)33(3,4)5)37-32(40)36-27-14-15-28(26-9-7-6-8-25(26)27)41-20-22(2)23-16-17-35-30(34)18-23;1-6-2-3(4)5/h7-20,24H,21-22H2,1-6H3,(H,37,39,43)(H2,38,40,44);6-19,22H,20H2,1-5H3,(H2,34,35)(H2,36,37,40);2H2,1H3. The van der Waals surface area contributed by atoms with E-state index in [-0.39, 0.29) is 53.8 Å². The first kappa shape index (κ1) is 68.8. The molecule has 0 bridgehead atoms. The van der Waals surface area contributed by atoms with Crippen LogP contribution in [0.4, 0.5) is 44.2 Å². The molecule has 0 fully saturated rings. The molecule has 7 N–H and O–H groups in total. The van der Waals surface area contributed by atoms with Gasteiger partial charge in [0.15, 0.2) is 0 Å². The summed E-state index contributed by atoms with van der Waals surface area (Å²) in [5.74, 6) is 3.42. The Bertz CT molecular complexity index is 4210. The van der Waals surface area contributed by atoms with Crippen LogP contribution in [-0.4, -0.2) is 93.4 Å². The molecule has 21 heteroatoms. The predicted octanol–water partition coefficient (Wildman–Crippen LogP) is 15.3. The zero-order valence-corrected chi connectivity index (χ0v) is 55.3. The number of aryl methyl sites for hydroxylation is 2. The van der Waals surface area contributed by atoms with Crippen LogP contribution in [-0.2, 0) is 29.9 Å². The van der Waals surface area contributed by atoms with Gasteiger partial charge in [0, 0.05) is 83.0 Å². The van der Waals surface area contributed by atoms with Crippen molar-refractivity contribution < 1.29 is 38.1 Å². The van der Waals surface area contributed by atoms with E-state index in [9.17, 15) is 19.2 Å². The van der Waals surface area contributed by atoms with Crippen molar-refractivity contribution >= 4 is 91.0 Å². The van der Waals surface area contributed by atoms with Crippen LogP contribution in [0.2, 0.25) is 0 Å². The third-order valence-electron chi connectivity index (χ3n) is 14.8. The number of methoxy groups -OCH3 is 2. The second-order valence-electron chi connectivity index (χ2n) is 24.5. The average Bonchev–Trinajstić information content (AvgIpc) is 1.85. The van der Waals surface area contributed by atoms with Crippen molar-refractivity contribution in [2.24, 2.45) is 0 Å². The molecular formula is C72H81ClN12O8. The summed E-state index contributed by atoms with van der Waals surface area (Å²) in [6, 6.07) is 49.8. The van der Waals surface area contributed by atoms with Crippen molar-refractivity contribution in [2.45, 2.75) is 91.9 Å². The number of nitrogens with zero attached hydrogens (tertiary/aromatic N) is 6. The molecular weight excluding hydrogens is 1200 g/mol. The number of urea groups is 2. The van der Waals surface area contributed by atoms with Crippen LogP contribution in [0.5, 0.6) is 11.5 Å². The number of benzene rings is 6. The molecule has 0 aliphatic carbocycles. The molecule has 10 rings (SSSR count). The van der Waals surface area contributed by atoms with Gasteiger partial charge in [0.1, 0.15) is 48.0 Å². The maximum absolute atomic E-state index is 13.4. The number of nitrogens with two attached hydrogens (primary N) is 1. The quantitative estimate of drug-likeness (QED) is 0.0413. The number of nitrogen functional groups attached to an aromatic ring is 1. The molecule has 20 nitrogen and oxygen atoms in total. The highest BCUT2D eigenvalue weighted by Crippen LogP contribution is 2.36. The number of halogens is 1. The van der Waals surface area contributed by atoms with Crippen LogP contribution in [0.3, 0.4) is 0 Å². The molecule has 0 aliphatic rings. The summed E-state index contributed by atoms with van der Waals surface area (Å²) in [5.41, 5.74) is 14.6. The van der Waals surface area contributed by atoms with E-state index in [1.165, 1.54) is 14.2 Å². The van der Waals surface area contributed by atoms with E-state index in [2.05, 4.69) is 89.8 Å². The summed E-state index contributed by atoms with van der Waals surface area (Å²) in [6.45, 7) is 21.6. The Morgan fingerprint density at radius 1 is 0.516 bits per heavy atom. The van der Waals surface area contributed by atoms with E-state index < -0.39 is 5.24 Å². The number of amides is 5. The molecule has 484 valence electrons. The van der Waals surface area contributed by atoms with Gasteiger partial charge < -0.3 is 40.6 Å². The normalized spacial score (nSPS) is 11.9. The zero-order chi connectivity index (χ0) is 67.0. The minimum atomic E-state index is -0.461. The summed E-state index contributed by atoms with van der Waals surface area (Å²) in [4.78, 5) is 56.6. The minimum Gasteiger partial charge on any atom is -0.492 e. The monoisotopic (exact) mass is 1280 g/mol. The van der Waals surface area contributed by atoms with Crippen molar-refractivity contribution in [2.75, 3.05) is 73.0 Å². The molecule has 5 amide bonds. The lowest BCUT2D eigenvalue weighted by Gasteiger charge is -2.17.